The topological polar surface area (TPSA) is 87.7 Å². The van der Waals surface area contributed by atoms with Gasteiger partial charge in [-0.2, -0.15) is 0 Å². The molecule has 1 aromatic rings. The lowest BCUT2D eigenvalue weighted by Crippen LogP contribution is -2.47. The Labute approximate surface area is 196 Å². The van der Waals surface area contributed by atoms with Gasteiger partial charge in [0.1, 0.15) is 12.6 Å². The highest BCUT2D eigenvalue weighted by molar-refractivity contribution is 5.82. The van der Waals surface area contributed by atoms with Gasteiger partial charge in [-0.1, -0.05) is 36.3 Å². The first-order chi connectivity index (χ1) is 16.0. The van der Waals surface area contributed by atoms with Crippen molar-refractivity contribution in [1.29, 1.82) is 0 Å². The summed E-state index contributed by atoms with van der Waals surface area (Å²) in [6.07, 6.45) is 10.7. The van der Waals surface area contributed by atoms with Gasteiger partial charge in [0.2, 0.25) is 11.8 Å². The van der Waals surface area contributed by atoms with E-state index in [1.54, 1.807) is 0 Å². The highest BCUT2D eigenvalue weighted by Crippen LogP contribution is 2.21. The zero-order chi connectivity index (χ0) is 23.5. The number of benzene rings is 1. The quantitative estimate of drug-likeness (QED) is 0.442. The number of nitrogens with one attached hydrogen (secondary N) is 2. The number of rotatable bonds is 9. The molecule has 2 fully saturated rings. The van der Waals surface area contributed by atoms with E-state index in [-0.39, 0.29) is 30.8 Å². The number of ether oxygens (including phenoxy) is 1. The minimum Gasteiger partial charge on any atom is -0.461 e. The average molecular weight is 454 g/mol. The molecule has 7 nitrogen and oxygen atoms in total. The maximum Gasteiger partial charge on any atom is 0.309 e. The molecule has 0 bridgehead atoms. The molecule has 3 rings (SSSR count). The van der Waals surface area contributed by atoms with Crippen molar-refractivity contribution in [3.05, 3.63) is 35.9 Å². The van der Waals surface area contributed by atoms with E-state index in [2.05, 4.69) is 16.6 Å². The van der Waals surface area contributed by atoms with Crippen LogP contribution in [0.5, 0.6) is 0 Å². The Balaban J connectivity index is 1.41. The normalized spacial score (nSPS) is 19.8. The maximum absolute atomic E-state index is 12.8. The molecule has 2 amide bonds. The molecule has 7 heteroatoms. The molecule has 2 atom stereocenters. The van der Waals surface area contributed by atoms with E-state index < -0.39 is 12.0 Å². The fraction of sp³-hybridized carbons (Fsp3) is 0.577. The molecule has 0 aliphatic carbocycles. The highest BCUT2D eigenvalue weighted by Gasteiger charge is 2.30. The number of piperidine rings is 2. The Kier molecular flexibility index (Phi) is 9.77. The Bertz CT molecular complexity index is 830. The summed E-state index contributed by atoms with van der Waals surface area (Å²) >= 11 is 0. The Morgan fingerprint density at radius 2 is 1.94 bits per heavy atom. The maximum atomic E-state index is 12.8. The van der Waals surface area contributed by atoms with Gasteiger partial charge in [0.25, 0.3) is 0 Å². The number of terminal acetylenes is 1. The van der Waals surface area contributed by atoms with E-state index in [0.717, 1.165) is 44.3 Å². The van der Waals surface area contributed by atoms with Gasteiger partial charge in [-0.15, -0.1) is 6.42 Å². The van der Waals surface area contributed by atoms with Crippen molar-refractivity contribution in [3.8, 4) is 12.3 Å². The minimum atomic E-state index is -0.730. The van der Waals surface area contributed by atoms with E-state index in [1.807, 2.05) is 35.2 Å². The first kappa shape index (κ1) is 24.8. The molecule has 2 aliphatic rings. The third kappa shape index (κ3) is 8.21. The summed E-state index contributed by atoms with van der Waals surface area (Å²) in [7, 11) is 0. The van der Waals surface area contributed by atoms with Gasteiger partial charge in [-0.3, -0.25) is 14.4 Å². The first-order valence-corrected chi connectivity index (χ1v) is 12.0. The van der Waals surface area contributed by atoms with Crippen LogP contribution >= 0.6 is 0 Å². The standard InChI is InChI=1S/C26H35N3O4/c1-2-23(17-25(31)33-19-21-7-4-3-5-8-21)28-26(32)22-9-6-16-29(18-22)24(30)11-10-20-12-14-27-15-13-20/h1,3-5,7-8,20,22-23,27H,6,9-19H2,(H,28,32)/t22-,23-/m1/s1. The SMILES string of the molecule is C#C[C@H](CC(=O)OCc1ccccc1)NC(=O)[C@@H]1CCCN(C(=O)CCC2CCNCC2)C1. The van der Waals surface area contributed by atoms with E-state index in [4.69, 9.17) is 11.2 Å². The van der Waals surface area contributed by atoms with Crippen LogP contribution < -0.4 is 10.6 Å². The summed E-state index contributed by atoms with van der Waals surface area (Å²) in [5, 5.41) is 6.14. The molecule has 1 aromatic carbocycles. The van der Waals surface area contributed by atoms with Crippen molar-refractivity contribution in [3.63, 3.8) is 0 Å². The smallest absolute Gasteiger partial charge is 0.309 e. The summed E-state index contributed by atoms with van der Waals surface area (Å²) < 4.78 is 5.27. The molecule has 0 unspecified atom stereocenters. The number of carbonyl (C=O) groups excluding carboxylic acids is 3. The predicted molar refractivity (Wildman–Crippen MR) is 126 cm³/mol. The molecular weight excluding hydrogens is 418 g/mol. The summed E-state index contributed by atoms with van der Waals surface area (Å²) in [5.41, 5.74) is 0.888. The van der Waals surface area contributed by atoms with Gasteiger partial charge < -0.3 is 20.3 Å². The van der Waals surface area contributed by atoms with E-state index in [0.29, 0.717) is 31.8 Å². The highest BCUT2D eigenvalue weighted by atomic mass is 16.5. The van der Waals surface area contributed by atoms with Gasteiger partial charge in [0, 0.05) is 19.5 Å². The van der Waals surface area contributed by atoms with Gasteiger partial charge in [0.05, 0.1) is 12.3 Å². The summed E-state index contributed by atoms with van der Waals surface area (Å²) in [6, 6.07) is 8.65. The van der Waals surface area contributed by atoms with Crippen molar-refractivity contribution in [2.75, 3.05) is 26.2 Å². The van der Waals surface area contributed by atoms with Crippen molar-refractivity contribution in [1.82, 2.24) is 15.5 Å². The fourth-order valence-corrected chi connectivity index (χ4v) is 4.48. The molecule has 2 saturated heterocycles. The number of amides is 2. The molecular formula is C26H35N3O4. The van der Waals surface area contributed by atoms with Gasteiger partial charge in [-0.25, -0.2) is 0 Å². The molecule has 0 radical (unpaired) electrons. The van der Waals surface area contributed by atoms with Crippen LogP contribution in [0.25, 0.3) is 0 Å². The lowest BCUT2D eigenvalue weighted by Gasteiger charge is -2.33. The van der Waals surface area contributed by atoms with Crippen LogP contribution in [0.15, 0.2) is 30.3 Å². The fourth-order valence-electron chi connectivity index (χ4n) is 4.48. The van der Waals surface area contributed by atoms with E-state index in [9.17, 15) is 14.4 Å². The van der Waals surface area contributed by atoms with Crippen LogP contribution in [-0.4, -0.2) is 54.9 Å². The second kappa shape index (κ2) is 13.0. The lowest BCUT2D eigenvalue weighted by atomic mass is 9.92. The third-order valence-corrected chi connectivity index (χ3v) is 6.50. The van der Waals surface area contributed by atoms with Crippen LogP contribution in [0.3, 0.4) is 0 Å². The second-order valence-electron chi connectivity index (χ2n) is 8.99. The number of hydrogen-bond acceptors (Lipinski definition) is 5. The zero-order valence-corrected chi connectivity index (χ0v) is 19.3. The number of esters is 1. The molecule has 0 saturated carbocycles. The number of likely N-dealkylation sites (tertiary alicyclic amines) is 1. The molecule has 33 heavy (non-hydrogen) atoms. The Hall–Kier alpha value is -2.85. The Morgan fingerprint density at radius 1 is 1.18 bits per heavy atom. The van der Waals surface area contributed by atoms with Crippen LogP contribution in [0.4, 0.5) is 0 Å². The summed E-state index contributed by atoms with van der Waals surface area (Å²) in [6.45, 7) is 3.33. The van der Waals surface area contributed by atoms with Crippen LogP contribution in [0.1, 0.15) is 50.5 Å². The average Bonchev–Trinajstić information content (AvgIpc) is 2.87. The van der Waals surface area contributed by atoms with E-state index >= 15 is 0 Å². The molecule has 2 aliphatic heterocycles. The van der Waals surface area contributed by atoms with Crippen molar-refractivity contribution in [2.45, 2.75) is 57.6 Å². The summed E-state index contributed by atoms with van der Waals surface area (Å²) in [5.74, 6) is 2.24. The van der Waals surface area contributed by atoms with Gasteiger partial charge in [0.15, 0.2) is 0 Å². The minimum absolute atomic E-state index is 0.0827. The number of hydrogen-bond donors (Lipinski definition) is 2. The van der Waals surface area contributed by atoms with Crippen molar-refractivity contribution < 1.29 is 19.1 Å². The largest absolute Gasteiger partial charge is 0.461 e. The van der Waals surface area contributed by atoms with Gasteiger partial charge in [-0.05, 0) is 56.7 Å². The van der Waals surface area contributed by atoms with Crippen LogP contribution in [0.2, 0.25) is 0 Å². The van der Waals surface area contributed by atoms with Gasteiger partial charge >= 0.3 is 5.97 Å². The molecule has 2 heterocycles. The monoisotopic (exact) mass is 453 g/mol. The second-order valence-corrected chi connectivity index (χ2v) is 8.99. The lowest BCUT2D eigenvalue weighted by molar-refractivity contribution is -0.145. The Morgan fingerprint density at radius 3 is 2.67 bits per heavy atom. The molecule has 0 spiro atoms. The molecule has 2 N–H and O–H groups in total. The van der Waals surface area contributed by atoms with Crippen molar-refractivity contribution in [2.24, 2.45) is 11.8 Å². The molecule has 0 aromatic heterocycles. The summed E-state index contributed by atoms with van der Waals surface area (Å²) in [4.78, 5) is 39.5. The van der Waals surface area contributed by atoms with E-state index in [1.165, 1.54) is 0 Å². The third-order valence-electron chi connectivity index (χ3n) is 6.50. The predicted octanol–water partition coefficient (Wildman–Crippen LogP) is 2.26. The van der Waals surface area contributed by atoms with Crippen molar-refractivity contribution >= 4 is 17.8 Å². The number of carbonyl (C=O) groups is 3. The van der Waals surface area contributed by atoms with Crippen LogP contribution in [-0.2, 0) is 25.7 Å². The zero-order valence-electron chi connectivity index (χ0n) is 19.3. The molecule has 178 valence electrons. The van der Waals surface area contributed by atoms with Crippen LogP contribution in [0, 0.1) is 24.2 Å². The number of nitrogens with zero attached hydrogens (tertiary/aromatic N) is 1. The first-order valence-electron chi connectivity index (χ1n) is 12.0.